The minimum absolute atomic E-state index is 0.143. The average Bonchev–Trinajstić information content (AvgIpc) is 2.73. The van der Waals surface area contributed by atoms with Crippen LogP contribution in [-0.2, 0) is 6.54 Å². The SMILES string of the molecule is COc1cccc(CN2CCN(C(=O)c3ccc(OC)c([N+](=O)[O-])c3)CC2)c1. The van der Waals surface area contributed by atoms with Gasteiger partial charge in [0.2, 0.25) is 0 Å². The third-order valence-corrected chi connectivity index (χ3v) is 4.82. The van der Waals surface area contributed by atoms with Gasteiger partial charge in [-0.1, -0.05) is 12.1 Å². The summed E-state index contributed by atoms with van der Waals surface area (Å²) in [7, 11) is 3.01. The maximum absolute atomic E-state index is 12.8. The first-order valence-electron chi connectivity index (χ1n) is 8.99. The molecule has 0 radical (unpaired) electrons. The van der Waals surface area contributed by atoms with Crippen molar-refractivity contribution in [3.8, 4) is 11.5 Å². The summed E-state index contributed by atoms with van der Waals surface area (Å²) >= 11 is 0. The summed E-state index contributed by atoms with van der Waals surface area (Å²) in [6.45, 7) is 3.40. The summed E-state index contributed by atoms with van der Waals surface area (Å²) in [6, 6.07) is 12.2. The predicted molar refractivity (Wildman–Crippen MR) is 104 cm³/mol. The van der Waals surface area contributed by atoms with E-state index in [1.807, 2.05) is 18.2 Å². The quantitative estimate of drug-likeness (QED) is 0.561. The second-order valence-electron chi connectivity index (χ2n) is 6.56. The number of hydrogen-bond acceptors (Lipinski definition) is 6. The van der Waals surface area contributed by atoms with Crippen LogP contribution in [0.3, 0.4) is 0 Å². The topological polar surface area (TPSA) is 85.2 Å². The lowest BCUT2D eigenvalue weighted by Crippen LogP contribution is -2.48. The van der Waals surface area contributed by atoms with E-state index < -0.39 is 4.92 Å². The number of carbonyl (C=O) groups excluding carboxylic acids is 1. The van der Waals surface area contributed by atoms with E-state index in [1.54, 1.807) is 18.1 Å². The number of hydrogen-bond donors (Lipinski definition) is 0. The molecule has 1 aliphatic rings. The zero-order valence-corrected chi connectivity index (χ0v) is 16.0. The molecule has 2 aromatic rings. The van der Waals surface area contributed by atoms with Gasteiger partial charge in [0.15, 0.2) is 5.75 Å². The average molecular weight is 385 g/mol. The standard InChI is InChI=1S/C20H23N3O5/c1-27-17-5-3-4-15(12-17)14-21-8-10-22(11-9-21)20(24)16-6-7-19(28-2)18(13-16)23(25)26/h3-7,12-13H,8-11,14H2,1-2H3. The van der Waals surface area contributed by atoms with Gasteiger partial charge < -0.3 is 14.4 Å². The van der Waals surface area contributed by atoms with Crippen molar-refractivity contribution in [3.05, 3.63) is 63.7 Å². The van der Waals surface area contributed by atoms with Crippen LogP contribution in [0, 0.1) is 10.1 Å². The van der Waals surface area contributed by atoms with Crippen molar-refractivity contribution in [2.45, 2.75) is 6.54 Å². The molecule has 1 aliphatic heterocycles. The summed E-state index contributed by atoms with van der Waals surface area (Å²) < 4.78 is 10.2. The smallest absolute Gasteiger partial charge is 0.311 e. The molecule has 0 saturated carbocycles. The molecule has 0 aliphatic carbocycles. The van der Waals surface area contributed by atoms with Gasteiger partial charge in [-0.05, 0) is 29.8 Å². The van der Waals surface area contributed by atoms with E-state index in [1.165, 1.54) is 19.2 Å². The summed E-state index contributed by atoms with van der Waals surface area (Å²) in [6.07, 6.45) is 0. The zero-order valence-electron chi connectivity index (χ0n) is 16.0. The Morgan fingerprint density at radius 2 is 1.82 bits per heavy atom. The highest BCUT2D eigenvalue weighted by Gasteiger charge is 2.25. The second-order valence-corrected chi connectivity index (χ2v) is 6.56. The van der Waals surface area contributed by atoms with Crippen LogP contribution in [0.2, 0.25) is 0 Å². The molecule has 2 aromatic carbocycles. The third-order valence-electron chi connectivity index (χ3n) is 4.82. The number of piperazine rings is 1. The number of methoxy groups -OCH3 is 2. The minimum atomic E-state index is -0.540. The van der Waals surface area contributed by atoms with Gasteiger partial charge in [-0.2, -0.15) is 0 Å². The first-order chi connectivity index (χ1) is 13.5. The fraction of sp³-hybridized carbons (Fsp3) is 0.350. The number of benzene rings is 2. The van der Waals surface area contributed by atoms with Crippen molar-refractivity contribution in [2.24, 2.45) is 0 Å². The molecule has 1 amide bonds. The first kappa shape index (κ1) is 19.6. The Kier molecular flexibility index (Phi) is 6.10. The monoisotopic (exact) mass is 385 g/mol. The number of carbonyl (C=O) groups is 1. The summed E-state index contributed by atoms with van der Waals surface area (Å²) in [5.41, 5.74) is 1.25. The number of amides is 1. The molecule has 1 saturated heterocycles. The molecule has 0 aromatic heterocycles. The molecular weight excluding hydrogens is 362 g/mol. The van der Waals surface area contributed by atoms with E-state index in [0.717, 1.165) is 30.9 Å². The van der Waals surface area contributed by atoms with Crippen LogP contribution < -0.4 is 9.47 Å². The molecule has 0 N–H and O–H groups in total. The van der Waals surface area contributed by atoms with Crippen LogP contribution in [0.5, 0.6) is 11.5 Å². The van der Waals surface area contributed by atoms with Gasteiger partial charge in [-0.3, -0.25) is 19.8 Å². The van der Waals surface area contributed by atoms with Crippen molar-refractivity contribution in [3.63, 3.8) is 0 Å². The Morgan fingerprint density at radius 1 is 1.07 bits per heavy atom. The summed E-state index contributed by atoms with van der Waals surface area (Å²) in [4.78, 5) is 27.4. The number of rotatable bonds is 6. The number of nitrogens with zero attached hydrogens (tertiary/aromatic N) is 3. The van der Waals surface area contributed by atoms with E-state index in [-0.39, 0.29) is 17.3 Å². The lowest BCUT2D eigenvalue weighted by molar-refractivity contribution is -0.385. The Balaban J connectivity index is 1.62. The fourth-order valence-electron chi connectivity index (χ4n) is 3.29. The molecule has 0 bridgehead atoms. The highest BCUT2D eigenvalue weighted by Crippen LogP contribution is 2.28. The van der Waals surface area contributed by atoms with Gasteiger partial charge in [-0.15, -0.1) is 0 Å². The van der Waals surface area contributed by atoms with Crippen molar-refractivity contribution in [1.29, 1.82) is 0 Å². The molecule has 3 rings (SSSR count). The molecule has 1 fully saturated rings. The number of nitro groups is 1. The Hall–Kier alpha value is -3.13. The Labute approximate surface area is 163 Å². The summed E-state index contributed by atoms with van der Waals surface area (Å²) in [5.74, 6) is 0.767. The van der Waals surface area contributed by atoms with E-state index in [9.17, 15) is 14.9 Å². The fourth-order valence-corrected chi connectivity index (χ4v) is 3.29. The number of ether oxygens (including phenoxy) is 2. The van der Waals surface area contributed by atoms with Crippen molar-refractivity contribution < 1.29 is 19.2 Å². The number of nitro benzene ring substituents is 1. The van der Waals surface area contributed by atoms with Crippen molar-refractivity contribution in [2.75, 3.05) is 40.4 Å². The molecule has 1 heterocycles. The minimum Gasteiger partial charge on any atom is -0.497 e. The van der Waals surface area contributed by atoms with Crippen molar-refractivity contribution >= 4 is 11.6 Å². The van der Waals surface area contributed by atoms with E-state index in [2.05, 4.69) is 11.0 Å². The van der Waals surface area contributed by atoms with E-state index in [4.69, 9.17) is 9.47 Å². The van der Waals surface area contributed by atoms with Gasteiger partial charge in [-0.25, -0.2) is 0 Å². The molecule has 148 valence electrons. The van der Waals surface area contributed by atoms with Crippen LogP contribution in [-0.4, -0.2) is 61.0 Å². The van der Waals surface area contributed by atoms with Crippen LogP contribution in [0.4, 0.5) is 5.69 Å². The van der Waals surface area contributed by atoms with Crippen LogP contribution in [0.1, 0.15) is 15.9 Å². The highest BCUT2D eigenvalue weighted by atomic mass is 16.6. The highest BCUT2D eigenvalue weighted by molar-refractivity contribution is 5.95. The van der Waals surface area contributed by atoms with Gasteiger partial charge in [0.05, 0.1) is 19.1 Å². The molecule has 0 atom stereocenters. The van der Waals surface area contributed by atoms with Crippen molar-refractivity contribution in [1.82, 2.24) is 9.80 Å². The van der Waals surface area contributed by atoms with Gasteiger partial charge in [0.1, 0.15) is 5.75 Å². The van der Waals surface area contributed by atoms with Gasteiger partial charge >= 0.3 is 5.69 Å². The maximum atomic E-state index is 12.8. The molecule has 0 spiro atoms. The van der Waals surface area contributed by atoms with Gasteiger partial charge in [0, 0.05) is 44.4 Å². The molecule has 8 heteroatoms. The first-order valence-corrected chi connectivity index (χ1v) is 8.99. The Bertz CT molecular complexity index is 863. The third kappa shape index (κ3) is 4.40. The molecule has 8 nitrogen and oxygen atoms in total. The lowest BCUT2D eigenvalue weighted by atomic mass is 10.1. The molecule has 28 heavy (non-hydrogen) atoms. The summed E-state index contributed by atoms with van der Waals surface area (Å²) in [5, 5.41) is 11.2. The van der Waals surface area contributed by atoms with Gasteiger partial charge in [0.25, 0.3) is 5.91 Å². The predicted octanol–water partition coefficient (Wildman–Crippen LogP) is 2.57. The normalized spacial score (nSPS) is 14.6. The van der Waals surface area contributed by atoms with Crippen LogP contribution >= 0.6 is 0 Å². The maximum Gasteiger partial charge on any atom is 0.311 e. The lowest BCUT2D eigenvalue weighted by Gasteiger charge is -2.34. The second kappa shape index (κ2) is 8.71. The Morgan fingerprint density at radius 3 is 2.46 bits per heavy atom. The van der Waals surface area contributed by atoms with Crippen LogP contribution in [0.15, 0.2) is 42.5 Å². The van der Waals surface area contributed by atoms with E-state index in [0.29, 0.717) is 18.7 Å². The largest absolute Gasteiger partial charge is 0.497 e. The zero-order chi connectivity index (χ0) is 20.1. The van der Waals surface area contributed by atoms with Crippen LogP contribution in [0.25, 0.3) is 0 Å². The van der Waals surface area contributed by atoms with E-state index >= 15 is 0 Å². The molecular formula is C20H23N3O5. The molecule has 0 unspecified atom stereocenters.